The number of hydrogen-bond acceptors (Lipinski definition) is 2. The van der Waals surface area contributed by atoms with E-state index in [1.165, 1.54) is 19.2 Å². The molecule has 1 aromatic carbocycles. The van der Waals surface area contributed by atoms with Gasteiger partial charge in [-0.15, -0.1) is 0 Å². The molecule has 0 atom stereocenters. The fraction of sp³-hybridized carbons (Fsp3) is 0.300. The van der Waals surface area contributed by atoms with E-state index in [4.69, 9.17) is 10.5 Å². The van der Waals surface area contributed by atoms with Crippen LogP contribution in [0.1, 0.15) is 19.4 Å². The van der Waals surface area contributed by atoms with Crippen LogP contribution in [-0.4, -0.2) is 12.1 Å². The van der Waals surface area contributed by atoms with E-state index in [2.05, 4.69) is 12.2 Å². The second kappa shape index (κ2) is 6.32. The highest BCUT2D eigenvalue weighted by Gasteiger charge is 2.03. The summed E-state index contributed by atoms with van der Waals surface area (Å²) in [4.78, 5) is 0.177. The molecule has 4 heteroatoms. The molecule has 78 valence electrons. The van der Waals surface area contributed by atoms with E-state index in [1.807, 2.05) is 13.8 Å². The van der Waals surface area contributed by atoms with Gasteiger partial charge in [0.25, 0.3) is 0 Å². The van der Waals surface area contributed by atoms with Crippen molar-refractivity contribution in [3.8, 4) is 5.75 Å². The van der Waals surface area contributed by atoms with E-state index in [9.17, 15) is 4.39 Å². The largest absolute Gasteiger partial charge is 0.494 e. The van der Waals surface area contributed by atoms with Gasteiger partial charge in [0.2, 0.25) is 0 Å². The molecule has 0 saturated carbocycles. The third-order valence-corrected chi connectivity index (χ3v) is 1.67. The van der Waals surface area contributed by atoms with Gasteiger partial charge in [-0.2, -0.15) is 0 Å². The Labute approximate surface area is 88.9 Å². The maximum Gasteiger partial charge on any atom is 0.165 e. The molecule has 0 radical (unpaired) electrons. The monoisotopic (exact) mass is 215 g/mol. The van der Waals surface area contributed by atoms with Crippen molar-refractivity contribution in [2.75, 3.05) is 7.11 Å². The number of rotatable bonds is 2. The minimum Gasteiger partial charge on any atom is -0.494 e. The third kappa shape index (κ3) is 3.30. The molecule has 1 aromatic rings. The quantitative estimate of drug-likeness (QED) is 0.770. The average molecular weight is 215 g/mol. The van der Waals surface area contributed by atoms with Crippen LogP contribution >= 0.6 is 12.2 Å². The van der Waals surface area contributed by atoms with Gasteiger partial charge in [0.1, 0.15) is 4.99 Å². The zero-order valence-electron chi connectivity index (χ0n) is 8.50. The molecule has 0 aliphatic heterocycles. The molecular weight excluding hydrogens is 201 g/mol. The fourth-order valence-corrected chi connectivity index (χ4v) is 0.947. The van der Waals surface area contributed by atoms with Gasteiger partial charge in [-0.25, -0.2) is 4.39 Å². The highest BCUT2D eigenvalue weighted by Crippen LogP contribution is 2.17. The van der Waals surface area contributed by atoms with E-state index < -0.39 is 5.82 Å². The van der Waals surface area contributed by atoms with Gasteiger partial charge in [-0.3, -0.25) is 0 Å². The van der Waals surface area contributed by atoms with Crippen molar-refractivity contribution < 1.29 is 9.13 Å². The van der Waals surface area contributed by atoms with Crippen LogP contribution in [0.25, 0.3) is 0 Å². The van der Waals surface area contributed by atoms with Crippen molar-refractivity contribution in [3.63, 3.8) is 0 Å². The van der Waals surface area contributed by atoms with Crippen LogP contribution in [0.3, 0.4) is 0 Å². The molecule has 14 heavy (non-hydrogen) atoms. The van der Waals surface area contributed by atoms with Gasteiger partial charge in [0, 0.05) is 5.56 Å². The maximum absolute atomic E-state index is 13.0. The lowest BCUT2D eigenvalue weighted by Crippen LogP contribution is -2.09. The molecule has 1 rings (SSSR count). The van der Waals surface area contributed by atoms with Crippen LogP contribution in [-0.2, 0) is 0 Å². The van der Waals surface area contributed by atoms with Gasteiger partial charge in [0.05, 0.1) is 7.11 Å². The first-order valence-electron chi connectivity index (χ1n) is 4.28. The zero-order chi connectivity index (χ0) is 11.1. The lowest BCUT2D eigenvalue weighted by molar-refractivity contribution is 0.386. The van der Waals surface area contributed by atoms with Crippen molar-refractivity contribution in [2.24, 2.45) is 5.73 Å². The van der Waals surface area contributed by atoms with Crippen molar-refractivity contribution in [2.45, 2.75) is 13.8 Å². The smallest absolute Gasteiger partial charge is 0.165 e. The Balaban J connectivity index is 0.000000791. The fourth-order valence-electron chi connectivity index (χ4n) is 0.820. The molecule has 0 bridgehead atoms. The average Bonchev–Trinajstić information content (AvgIpc) is 2.20. The third-order valence-electron chi connectivity index (χ3n) is 1.44. The number of thiocarbonyl (C=S) groups is 1. The first kappa shape index (κ1) is 12.8. The molecule has 0 amide bonds. The predicted octanol–water partition coefficient (Wildman–Crippen LogP) is 2.49. The van der Waals surface area contributed by atoms with Gasteiger partial charge in [-0.05, 0) is 18.2 Å². The lowest BCUT2D eigenvalue weighted by atomic mass is 10.2. The molecule has 0 aliphatic carbocycles. The summed E-state index contributed by atoms with van der Waals surface area (Å²) in [6, 6.07) is 4.36. The van der Waals surface area contributed by atoms with Gasteiger partial charge < -0.3 is 10.5 Å². The Kier molecular flexibility index (Phi) is 5.79. The second-order valence-corrected chi connectivity index (χ2v) is 2.65. The van der Waals surface area contributed by atoms with Crippen molar-refractivity contribution in [1.29, 1.82) is 0 Å². The summed E-state index contributed by atoms with van der Waals surface area (Å²) in [6.07, 6.45) is 0. The second-order valence-electron chi connectivity index (χ2n) is 2.21. The molecule has 0 heterocycles. The van der Waals surface area contributed by atoms with Gasteiger partial charge >= 0.3 is 0 Å². The van der Waals surface area contributed by atoms with Crippen LogP contribution in [0.5, 0.6) is 5.75 Å². The van der Waals surface area contributed by atoms with E-state index in [1.54, 1.807) is 6.07 Å². The summed E-state index contributed by atoms with van der Waals surface area (Å²) in [7, 11) is 1.40. The molecule has 0 unspecified atom stereocenters. The van der Waals surface area contributed by atoms with Crippen LogP contribution < -0.4 is 10.5 Å². The minimum absolute atomic E-state index is 0.177. The maximum atomic E-state index is 13.0. The van der Waals surface area contributed by atoms with Crippen molar-refractivity contribution in [3.05, 3.63) is 29.6 Å². The molecule has 0 fully saturated rings. The summed E-state index contributed by atoms with van der Waals surface area (Å²) >= 11 is 4.67. The number of ether oxygens (including phenoxy) is 1. The van der Waals surface area contributed by atoms with E-state index >= 15 is 0 Å². The Hall–Kier alpha value is -1.16. The normalized spacial score (nSPS) is 8.57. The number of hydrogen-bond donors (Lipinski definition) is 1. The molecule has 0 spiro atoms. The number of nitrogens with two attached hydrogens (primary N) is 1. The molecule has 0 aromatic heterocycles. The minimum atomic E-state index is -0.456. The van der Waals surface area contributed by atoms with Crippen molar-refractivity contribution in [1.82, 2.24) is 0 Å². The summed E-state index contributed by atoms with van der Waals surface area (Å²) in [6.45, 7) is 4.00. The molecule has 2 nitrogen and oxygen atoms in total. The van der Waals surface area contributed by atoms with Crippen LogP contribution in [0.15, 0.2) is 18.2 Å². The zero-order valence-corrected chi connectivity index (χ0v) is 9.32. The summed E-state index contributed by atoms with van der Waals surface area (Å²) in [5, 5.41) is 0. The van der Waals surface area contributed by atoms with E-state index in [0.717, 1.165) is 0 Å². The standard InChI is InChI=1S/C8H8FNOS.C2H6/c1-11-7-3-2-5(8(10)12)4-6(7)9;1-2/h2-4H,1H3,(H2,10,12);1-2H3. The molecule has 0 aliphatic rings. The topological polar surface area (TPSA) is 35.2 Å². The van der Waals surface area contributed by atoms with E-state index in [-0.39, 0.29) is 10.7 Å². The molecular formula is C10H14FNOS. The molecule has 0 saturated heterocycles. The summed E-state index contributed by atoms with van der Waals surface area (Å²) < 4.78 is 17.7. The Morgan fingerprint density at radius 3 is 2.36 bits per heavy atom. The van der Waals surface area contributed by atoms with Crippen LogP contribution in [0.2, 0.25) is 0 Å². The first-order chi connectivity index (χ1) is 6.65. The van der Waals surface area contributed by atoms with Gasteiger partial charge in [-0.1, -0.05) is 26.1 Å². The predicted molar refractivity (Wildman–Crippen MR) is 60.2 cm³/mol. The van der Waals surface area contributed by atoms with Crippen LogP contribution in [0.4, 0.5) is 4.39 Å². The first-order valence-corrected chi connectivity index (χ1v) is 4.69. The van der Waals surface area contributed by atoms with Gasteiger partial charge in [0.15, 0.2) is 11.6 Å². The Morgan fingerprint density at radius 1 is 1.43 bits per heavy atom. The number of halogens is 1. The lowest BCUT2D eigenvalue weighted by Gasteiger charge is -2.02. The summed E-state index contributed by atoms with van der Waals surface area (Å²) in [5.74, 6) is -0.266. The molecule has 2 N–H and O–H groups in total. The SMILES string of the molecule is CC.COc1ccc(C(N)=S)cc1F. The van der Waals surface area contributed by atoms with Crippen molar-refractivity contribution >= 4 is 17.2 Å². The summed E-state index contributed by atoms with van der Waals surface area (Å²) in [5.41, 5.74) is 5.80. The number of methoxy groups -OCH3 is 1. The number of benzene rings is 1. The Bertz CT molecular complexity index is 315. The van der Waals surface area contributed by atoms with E-state index in [0.29, 0.717) is 5.56 Å². The van der Waals surface area contributed by atoms with Crippen LogP contribution in [0, 0.1) is 5.82 Å². The Morgan fingerprint density at radius 2 is 2.00 bits per heavy atom. The highest BCUT2D eigenvalue weighted by atomic mass is 32.1. The highest BCUT2D eigenvalue weighted by molar-refractivity contribution is 7.80.